The van der Waals surface area contributed by atoms with Gasteiger partial charge in [0.25, 0.3) is 0 Å². The second-order valence-corrected chi connectivity index (χ2v) is 4.71. The van der Waals surface area contributed by atoms with E-state index in [1.807, 2.05) is 18.2 Å². The molecule has 0 radical (unpaired) electrons. The molecule has 0 saturated heterocycles. The van der Waals surface area contributed by atoms with Crippen LogP contribution in [0.4, 0.5) is 0 Å². The van der Waals surface area contributed by atoms with Crippen LogP contribution in [0.5, 0.6) is 5.75 Å². The van der Waals surface area contributed by atoms with Crippen molar-refractivity contribution in [2.45, 2.75) is 32.5 Å². The summed E-state index contributed by atoms with van der Waals surface area (Å²) in [4.78, 5) is 0. The van der Waals surface area contributed by atoms with Crippen LogP contribution in [0.15, 0.2) is 18.2 Å². The Morgan fingerprint density at radius 1 is 1.41 bits per heavy atom. The second kappa shape index (κ2) is 5.52. The van der Waals surface area contributed by atoms with Crippen molar-refractivity contribution in [3.05, 3.63) is 29.3 Å². The van der Waals surface area contributed by atoms with E-state index in [-0.39, 0.29) is 0 Å². The quantitative estimate of drug-likeness (QED) is 0.825. The number of methoxy groups -OCH3 is 1. The van der Waals surface area contributed by atoms with Gasteiger partial charge in [0.15, 0.2) is 0 Å². The first kappa shape index (κ1) is 12.4. The highest BCUT2D eigenvalue weighted by molar-refractivity contribution is 5.37. The maximum atomic E-state index is 9.55. The summed E-state index contributed by atoms with van der Waals surface area (Å²) in [5.41, 5.74) is 1.90. The summed E-state index contributed by atoms with van der Waals surface area (Å²) in [5.74, 6) is 1.59. The minimum Gasteiger partial charge on any atom is -0.496 e. The molecular formula is C14H20O3. The molecular weight excluding hydrogens is 216 g/mol. The Kier molecular flexibility index (Phi) is 4.02. The van der Waals surface area contributed by atoms with Crippen molar-refractivity contribution in [3.63, 3.8) is 0 Å². The van der Waals surface area contributed by atoms with E-state index < -0.39 is 6.10 Å². The fourth-order valence-corrected chi connectivity index (χ4v) is 1.79. The first-order valence-corrected chi connectivity index (χ1v) is 6.13. The van der Waals surface area contributed by atoms with E-state index in [2.05, 4.69) is 0 Å². The first-order chi connectivity index (χ1) is 8.20. The minimum atomic E-state index is -0.455. The van der Waals surface area contributed by atoms with Gasteiger partial charge in [-0.05, 0) is 43.4 Å². The van der Waals surface area contributed by atoms with Gasteiger partial charge in [-0.3, -0.25) is 0 Å². The van der Waals surface area contributed by atoms with Gasteiger partial charge in [-0.15, -0.1) is 0 Å². The number of hydrogen-bond donors (Lipinski definition) is 1. The van der Waals surface area contributed by atoms with Crippen LogP contribution in [0.1, 0.15) is 37.0 Å². The normalized spacial score (nSPS) is 16.9. The molecule has 0 heterocycles. The SMILES string of the molecule is COc1ccc(C(C)O)cc1COCC1CC1. The molecule has 2 rings (SSSR count). The summed E-state index contributed by atoms with van der Waals surface area (Å²) in [7, 11) is 1.65. The van der Waals surface area contributed by atoms with Crippen LogP contribution in [0.2, 0.25) is 0 Å². The molecule has 1 N–H and O–H groups in total. The van der Waals surface area contributed by atoms with Gasteiger partial charge in [-0.25, -0.2) is 0 Å². The smallest absolute Gasteiger partial charge is 0.124 e. The van der Waals surface area contributed by atoms with Crippen molar-refractivity contribution < 1.29 is 14.6 Å². The van der Waals surface area contributed by atoms with Gasteiger partial charge in [-0.2, -0.15) is 0 Å². The zero-order valence-electron chi connectivity index (χ0n) is 10.5. The minimum absolute atomic E-state index is 0.455. The molecule has 1 aromatic rings. The predicted molar refractivity (Wildman–Crippen MR) is 66.0 cm³/mol. The van der Waals surface area contributed by atoms with Gasteiger partial charge in [0, 0.05) is 12.2 Å². The van der Waals surface area contributed by atoms with E-state index in [9.17, 15) is 5.11 Å². The molecule has 1 aliphatic carbocycles. The second-order valence-electron chi connectivity index (χ2n) is 4.71. The molecule has 3 heteroatoms. The Balaban J connectivity index is 2.02. The fourth-order valence-electron chi connectivity index (χ4n) is 1.79. The molecule has 0 aliphatic heterocycles. The van der Waals surface area contributed by atoms with Gasteiger partial charge in [-0.1, -0.05) is 6.07 Å². The highest BCUT2D eigenvalue weighted by Crippen LogP contribution is 2.30. The van der Waals surface area contributed by atoms with Crippen molar-refractivity contribution in [1.82, 2.24) is 0 Å². The molecule has 0 bridgehead atoms. The number of hydrogen-bond acceptors (Lipinski definition) is 3. The lowest BCUT2D eigenvalue weighted by molar-refractivity contribution is 0.109. The van der Waals surface area contributed by atoms with Crippen LogP contribution in [-0.2, 0) is 11.3 Å². The van der Waals surface area contributed by atoms with Crippen molar-refractivity contribution in [2.24, 2.45) is 5.92 Å². The van der Waals surface area contributed by atoms with Crippen LogP contribution < -0.4 is 4.74 Å². The van der Waals surface area contributed by atoms with Crippen LogP contribution in [0, 0.1) is 5.92 Å². The Hall–Kier alpha value is -1.06. The monoisotopic (exact) mass is 236 g/mol. The van der Waals surface area contributed by atoms with Crippen LogP contribution in [0.3, 0.4) is 0 Å². The molecule has 94 valence electrons. The van der Waals surface area contributed by atoms with Gasteiger partial charge >= 0.3 is 0 Å². The summed E-state index contributed by atoms with van der Waals surface area (Å²) in [6.07, 6.45) is 2.14. The number of ether oxygens (including phenoxy) is 2. The van der Waals surface area contributed by atoms with Crippen molar-refractivity contribution in [3.8, 4) is 5.75 Å². The molecule has 0 aromatic heterocycles. The third-order valence-corrected chi connectivity index (χ3v) is 3.09. The number of aliphatic hydroxyl groups is 1. The van der Waals surface area contributed by atoms with Gasteiger partial charge in [0.1, 0.15) is 5.75 Å². The van der Waals surface area contributed by atoms with Crippen molar-refractivity contribution in [2.75, 3.05) is 13.7 Å². The molecule has 17 heavy (non-hydrogen) atoms. The molecule has 3 nitrogen and oxygen atoms in total. The van der Waals surface area contributed by atoms with E-state index in [1.54, 1.807) is 14.0 Å². The third-order valence-electron chi connectivity index (χ3n) is 3.09. The van der Waals surface area contributed by atoms with Gasteiger partial charge in [0.05, 0.1) is 19.8 Å². The fraction of sp³-hybridized carbons (Fsp3) is 0.571. The number of rotatable bonds is 6. The summed E-state index contributed by atoms with van der Waals surface area (Å²) in [6.45, 7) is 3.15. The van der Waals surface area contributed by atoms with E-state index in [4.69, 9.17) is 9.47 Å². The molecule has 0 amide bonds. The zero-order valence-corrected chi connectivity index (χ0v) is 10.5. The highest BCUT2D eigenvalue weighted by Gasteiger charge is 2.21. The summed E-state index contributed by atoms with van der Waals surface area (Å²) in [6, 6.07) is 5.72. The average Bonchev–Trinajstić information content (AvgIpc) is 3.13. The largest absolute Gasteiger partial charge is 0.496 e. The Bertz CT molecular complexity index is 370. The third kappa shape index (κ3) is 3.45. The Morgan fingerprint density at radius 3 is 2.76 bits per heavy atom. The number of aliphatic hydroxyl groups excluding tert-OH is 1. The molecule has 0 spiro atoms. The standard InChI is InChI=1S/C14H20O3/c1-10(15)12-5-6-14(16-2)13(7-12)9-17-8-11-3-4-11/h5-7,10-11,15H,3-4,8-9H2,1-2H3. The lowest BCUT2D eigenvalue weighted by Crippen LogP contribution is -2.01. The molecule has 1 unspecified atom stereocenters. The molecule has 1 aliphatic rings. The Morgan fingerprint density at radius 2 is 2.18 bits per heavy atom. The van der Waals surface area contributed by atoms with Crippen LogP contribution >= 0.6 is 0 Å². The van der Waals surface area contributed by atoms with Gasteiger partial charge in [0.2, 0.25) is 0 Å². The topological polar surface area (TPSA) is 38.7 Å². The van der Waals surface area contributed by atoms with E-state index in [0.717, 1.165) is 29.4 Å². The summed E-state index contributed by atoms with van der Waals surface area (Å²) < 4.78 is 11.0. The van der Waals surface area contributed by atoms with Crippen molar-refractivity contribution in [1.29, 1.82) is 0 Å². The van der Waals surface area contributed by atoms with Crippen molar-refractivity contribution >= 4 is 0 Å². The first-order valence-electron chi connectivity index (χ1n) is 6.13. The van der Waals surface area contributed by atoms with E-state index >= 15 is 0 Å². The lowest BCUT2D eigenvalue weighted by Gasteiger charge is -2.12. The lowest BCUT2D eigenvalue weighted by atomic mass is 10.1. The summed E-state index contributed by atoms with van der Waals surface area (Å²) >= 11 is 0. The van der Waals surface area contributed by atoms with Crippen LogP contribution in [-0.4, -0.2) is 18.8 Å². The highest BCUT2D eigenvalue weighted by atomic mass is 16.5. The average molecular weight is 236 g/mol. The van der Waals surface area contributed by atoms with Crippen LogP contribution in [0.25, 0.3) is 0 Å². The maximum Gasteiger partial charge on any atom is 0.124 e. The number of benzene rings is 1. The van der Waals surface area contributed by atoms with E-state index in [0.29, 0.717) is 6.61 Å². The maximum absolute atomic E-state index is 9.55. The molecule has 1 atom stereocenters. The molecule has 1 aromatic carbocycles. The van der Waals surface area contributed by atoms with E-state index in [1.165, 1.54) is 12.8 Å². The van der Waals surface area contributed by atoms with Gasteiger partial charge < -0.3 is 14.6 Å². The molecule has 1 saturated carbocycles. The zero-order chi connectivity index (χ0) is 12.3. The predicted octanol–water partition coefficient (Wildman–Crippen LogP) is 2.68. The molecule has 1 fully saturated rings. The summed E-state index contributed by atoms with van der Waals surface area (Å²) in [5, 5.41) is 9.55. The Labute approximate surface area is 102 Å².